The van der Waals surface area contributed by atoms with E-state index in [4.69, 9.17) is 4.74 Å². The summed E-state index contributed by atoms with van der Waals surface area (Å²) >= 11 is 0. The van der Waals surface area contributed by atoms with Crippen molar-refractivity contribution in [3.63, 3.8) is 0 Å². The zero-order valence-electron chi connectivity index (χ0n) is 13.0. The van der Waals surface area contributed by atoms with Crippen LogP contribution in [0.2, 0.25) is 0 Å². The molecule has 2 heteroatoms. The fourth-order valence-corrected chi connectivity index (χ4v) is 2.71. The zero-order valence-corrected chi connectivity index (χ0v) is 13.0. The van der Waals surface area contributed by atoms with Gasteiger partial charge < -0.3 is 4.74 Å². The second-order valence-corrected chi connectivity index (χ2v) is 5.84. The van der Waals surface area contributed by atoms with E-state index in [1.165, 1.54) is 24.0 Å². The normalized spacial score (nSPS) is 22.9. The fraction of sp³-hybridized carbons (Fsp3) is 0.500. The van der Waals surface area contributed by atoms with Crippen LogP contribution in [-0.4, -0.2) is 12.8 Å². The van der Waals surface area contributed by atoms with Gasteiger partial charge in [-0.05, 0) is 67.4 Å². The summed E-state index contributed by atoms with van der Waals surface area (Å²) in [6.45, 7) is 9.23. The third-order valence-electron chi connectivity index (χ3n) is 4.24. The van der Waals surface area contributed by atoms with Crippen LogP contribution in [0.5, 0.6) is 5.75 Å². The van der Waals surface area contributed by atoms with Gasteiger partial charge in [0.1, 0.15) is 12.4 Å². The van der Waals surface area contributed by atoms with Gasteiger partial charge >= 0.3 is 0 Å². The topological polar surface area (TPSA) is 21.6 Å². The molecule has 0 heterocycles. The molecule has 1 aliphatic rings. The van der Waals surface area contributed by atoms with Crippen LogP contribution < -0.4 is 4.74 Å². The molecule has 0 N–H and O–H groups in total. The van der Waals surface area contributed by atoms with E-state index >= 15 is 0 Å². The first-order valence-electron chi connectivity index (χ1n) is 7.51. The Labute approximate surface area is 122 Å². The number of fused-ring (bicyclic) bond motifs is 1. The molecule has 2 unspecified atom stereocenters. The van der Waals surface area contributed by atoms with Gasteiger partial charge in [-0.1, -0.05) is 19.9 Å². The summed E-state index contributed by atoms with van der Waals surface area (Å²) in [7, 11) is 0. The maximum Gasteiger partial charge on any atom is 0.120 e. The molecule has 1 aromatic rings. The lowest BCUT2D eigenvalue weighted by Crippen LogP contribution is -2.16. The van der Waals surface area contributed by atoms with Crippen LogP contribution >= 0.6 is 0 Å². The highest BCUT2D eigenvalue weighted by Gasteiger charge is 2.22. The molecule has 2 nitrogen and oxygen atoms in total. The minimum absolute atomic E-state index is 0.599. The largest absolute Gasteiger partial charge is 0.489 e. The molecule has 0 spiro atoms. The number of hydrogen-bond acceptors (Lipinski definition) is 2. The predicted octanol–water partition coefficient (Wildman–Crippen LogP) is 4.75. The summed E-state index contributed by atoms with van der Waals surface area (Å²) in [6.07, 6.45) is 6.09. The smallest absolute Gasteiger partial charge is 0.120 e. The Kier molecular flexibility index (Phi) is 4.99. The number of benzene rings is 1. The van der Waals surface area contributed by atoms with Gasteiger partial charge in [-0.25, -0.2) is 0 Å². The molecule has 0 aliphatic heterocycles. The zero-order chi connectivity index (χ0) is 14.5. The molecular formula is C18H25NO. The third-order valence-corrected chi connectivity index (χ3v) is 4.24. The molecule has 0 saturated heterocycles. The van der Waals surface area contributed by atoms with E-state index in [-0.39, 0.29) is 0 Å². The standard InChI is InChI=1S/C18H25NO/c1-5-19-11-13(2)12-20-17-8-9-18-15(4)14(3)6-7-16(18)10-17/h5,8-11,14-15H,6-7,12H2,1-4H3/b13-11+,19-5?. The van der Waals surface area contributed by atoms with Crippen molar-refractivity contribution in [1.29, 1.82) is 0 Å². The van der Waals surface area contributed by atoms with E-state index in [1.807, 2.05) is 20.0 Å². The van der Waals surface area contributed by atoms with E-state index in [2.05, 4.69) is 37.0 Å². The van der Waals surface area contributed by atoms with E-state index < -0.39 is 0 Å². The van der Waals surface area contributed by atoms with Gasteiger partial charge in [0.2, 0.25) is 0 Å². The first-order valence-corrected chi connectivity index (χ1v) is 7.51. The third kappa shape index (κ3) is 3.50. The molecule has 108 valence electrons. The highest BCUT2D eigenvalue weighted by atomic mass is 16.5. The average Bonchev–Trinajstić information content (AvgIpc) is 2.46. The van der Waals surface area contributed by atoms with Crippen LogP contribution in [0.25, 0.3) is 0 Å². The van der Waals surface area contributed by atoms with Gasteiger partial charge in [-0.2, -0.15) is 0 Å². The van der Waals surface area contributed by atoms with Crippen LogP contribution in [-0.2, 0) is 6.42 Å². The Morgan fingerprint density at radius 3 is 2.95 bits per heavy atom. The summed E-state index contributed by atoms with van der Waals surface area (Å²) < 4.78 is 5.85. The van der Waals surface area contributed by atoms with Crippen molar-refractivity contribution in [2.45, 2.75) is 46.5 Å². The van der Waals surface area contributed by atoms with Crippen molar-refractivity contribution in [3.05, 3.63) is 41.1 Å². The number of rotatable bonds is 4. The summed E-state index contributed by atoms with van der Waals surface area (Å²) in [5.74, 6) is 2.42. The van der Waals surface area contributed by atoms with Gasteiger partial charge in [0.15, 0.2) is 0 Å². The van der Waals surface area contributed by atoms with Gasteiger partial charge in [0.25, 0.3) is 0 Å². The number of nitrogens with zero attached hydrogens (tertiary/aromatic N) is 1. The Hall–Kier alpha value is -1.57. The van der Waals surface area contributed by atoms with Crippen molar-refractivity contribution in [2.24, 2.45) is 10.9 Å². The maximum atomic E-state index is 5.85. The van der Waals surface area contributed by atoms with Crippen molar-refractivity contribution in [2.75, 3.05) is 6.61 Å². The number of ether oxygens (including phenoxy) is 1. The van der Waals surface area contributed by atoms with E-state index in [9.17, 15) is 0 Å². The van der Waals surface area contributed by atoms with Crippen molar-refractivity contribution in [1.82, 2.24) is 0 Å². The van der Waals surface area contributed by atoms with Gasteiger partial charge in [-0.3, -0.25) is 4.99 Å². The Morgan fingerprint density at radius 2 is 2.20 bits per heavy atom. The first kappa shape index (κ1) is 14.8. The molecule has 0 radical (unpaired) electrons. The molecule has 0 amide bonds. The summed E-state index contributed by atoms with van der Waals surface area (Å²) in [6, 6.07) is 6.56. The molecule has 2 atom stereocenters. The minimum atomic E-state index is 0.599. The molecule has 0 aromatic heterocycles. The Balaban J connectivity index is 2.05. The van der Waals surface area contributed by atoms with Crippen LogP contribution in [0.3, 0.4) is 0 Å². The number of hydrogen-bond donors (Lipinski definition) is 0. The Bertz CT molecular complexity index is 516. The highest BCUT2D eigenvalue weighted by Crippen LogP contribution is 2.37. The van der Waals surface area contributed by atoms with Crippen LogP contribution in [0.1, 0.15) is 51.2 Å². The summed E-state index contributed by atoms with van der Waals surface area (Å²) in [5.41, 5.74) is 4.09. The van der Waals surface area contributed by atoms with Crippen LogP contribution in [0.15, 0.2) is 35.0 Å². The average molecular weight is 271 g/mol. The summed E-state index contributed by atoms with van der Waals surface area (Å²) in [4.78, 5) is 4.11. The van der Waals surface area contributed by atoms with Crippen molar-refractivity contribution in [3.8, 4) is 5.75 Å². The first-order chi connectivity index (χ1) is 9.61. The second-order valence-electron chi connectivity index (χ2n) is 5.84. The molecule has 1 aromatic carbocycles. The van der Waals surface area contributed by atoms with E-state index in [0.717, 1.165) is 17.2 Å². The lowest BCUT2D eigenvalue weighted by molar-refractivity contribution is 0.349. The van der Waals surface area contributed by atoms with Crippen molar-refractivity contribution >= 4 is 6.21 Å². The molecule has 0 bridgehead atoms. The van der Waals surface area contributed by atoms with Gasteiger partial charge in [-0.15, -0.1) is 0 Å². The van der Waals surface area contributed by atoms with Crippen LogP contribution in [0, 0.1) is 5.92 Å². The number of aliphatic imine (C=N–C) groups is 1. The number of aryl methyl sites for hydroxylation is 1. The lowest BCUT2D eigenvalue weighted by Gasteiger charge is -2.28. The lowest BCUT2D eigenvalue weighted by atomic mass is 9.77. The van der Waals surface area contributed by atoms with Crippen molar-refractivity contribution < 1.29 is 4.74 Å². The van der Waals surface area contributed by atoms with E-state index in [0.29, 0.717) is 12.5 Å². The molecule has 2 rings (SSSR count). The van der Waals surface area contributed by atoms with E-state index in [1.54, 1.807) is 6.21 Å². The Morgan fingerprint density at radius 1 is 1.40 bits per heavy atom. The van der Waals surface area contributed by atoms with Gasteiger partial charge in [0.05, 0.1) is 0 Å². The fourth-order valence-electron chi connectivity index (χ4n) is 2.71. The van der Waals surface area contributed by atoms with Crippen LogP contribution in [0.4, 0.5) is 0 Å². The second kappa shape index (κ2) is 6.74. The quantitative estimate of drug-likeness (QED) is 0.724. The molecule has 0 saturated carbocycles. The molecular weight excluding hydrogens is 246 g/mol. The molecule has 20 heavy (non-hydrogen) atoms. The SMILES string of the molecule is CC=N/C=C(\C)COc1ccc2c(c1)CCC(C)C2C. The minimum Gasteiger partial charge on any atom is -0.489 e. The molecule has 1 aliphatic carbocycles. The monoisotopic (exact) mass is 271 g/mol. The molecule has 0 fully saturated rings. The van der Waals surface area contributed by atoms with Gasteiger partial charge in [0, 0.05) is 12.4 Å². The summed E-state index contributed by atoms with van der Waals surface area (Å²) in [5, 5.41) is 0. The highest BCUT2D eigenvalue weighted by molar-refractivity contribution is 5.54. The maximum absolute atomic E-state index is 5.85. The predicted molar refractivity (Wildman–Crippen MR) is 85.8 cm³/mol.